The largest absolute Gasteiger partial charge is 0.490 e. The summed E-state index contributed by atoms with van der Waals surface area (Å²) in [5.74, 6) is 6.05. The SMILES string of the molecule is Nc1ncnc2c1c(C#CCNC(=O)CCCCCNC(=O)CCCCC1SC[C@@H]3NC(=O)N[C@H]13)nn2C1OC(COP(=O)(O)OP(=O)(O)OP(=O)(O)O)[C@@H](O)[C@H]1O. The maximum Gasteiger partial charge on any atom is 0.490 e. The summed E-state index contributed by atoms with van der Waals surface area (Å²) in [4.78, 5) is 80.5. The Morgan fingerprint density at radius 1 is 0.983 bits per heavy atom. The van der Waals surface area contributed by atoms with E-state index in [9.17, 15) is 48.1 Å². The summed E-state index contributed by atoms with van der Waals surface area (Å²) in [6.07, 6.45) is -0.348. The number of anilines is 1. The number of amides is 4. The summed E-state index contributed by atoms with van der Waals surface area (Å²) in [5, 5.41) is 37.5. The molecule has 0 aliphatic carbocycles. The smallest absolute Gasteiger partial charge is 0.387 e. The van der Waals surface area contributed by atoms with E-state index in [1.54, 1.807) is 0 Å². The zero-order chi connectivity index (χ0) is 42.3. The van der Waals surface area contributed by atoms with Crippen LogP contribution in [0.5, 0.6) is 0 Å². The Morgan fingerprint density at radius 2 is 1.71 bits per heavy atom. The van der Waals surface area contributed by atoms with Crippen molar-refractivity contribution < 1.29 is 75.7 Å². The first-order valence-corrected chi connectivity index (χ1v) is 23.4. The van der Waals surface area contributed by atoms with Gasteiger partial charge in [0.05, 0.1) is 30.6 Å². The lowest BCUT2D eigenvalue weighted by molar-refractivity contribution is -0.122. The second kappa shape index (κ2) is 19.9. The number of carbonyl (C=O) groups is 3. The van der Waals surface area contributed by atoms with E-state index in [0.717, 1.165) is 36.0 Å². The molecule has 5 unspecified atom stereocenters. The fourth-order valence-electron chi connectivity index (χ4n) is 6.34. The van der Waals surface area contributed by atoms with Crippen molar-refractivity contribution in [2.24, 2.45) is 0 Å². The van der Waals surface area contributed by atoms with E-state index in [4.69, 9.17) is 20.3 Å². The number of unbranched alkanes of at least 4 members (excludes halogenated alkanes) is 3. The van der Waals surface area contributed by atoms with Crippen LogP contribution < -0.4 is 27.0 Å². The van der Waals surface area contributed by atoms with Crippen LogP contribution in [-0.4, -0.2) is 128 Å². The number of ether oxygens (including phenoxy) is 1. The first-order valence-electron chi connectivity index (χ1n) is 17.8. The molecule has 0 saturated carbocycles. The van der Waals surface area contributed by atoms with Crippen LogP contribution in [0.4, 0.5) is 10.6 Å². The molecule has 3 saturated heterocycles. The highest BCUT2D eigenvalue weighted by Gasteiger charge is 2.48. The average molecular weight is 900 g/mol. The number of nitrogens with zero attached hydrogens (tertiary/aromatic N) is 4. The number of phosphoric ester groups is 1. The molecule has 3 fully saturated rings. The maximum atomic E-state index is 12.4. The lowest BCUT2D eigenvalue weighted by Crippen LogP contribution is -2.36. The van der Waals surface area contributed by atoms with Gasteiger partial charge in [0.1, 0.15) is 36.2 Å². The number of aliphatic hydroxyl groups excluding tert-OH is 2. The number of phosphoric acid groups is 3. The van der Waals surface area contributed by atoms with Gasteiger partial charge in [-0.3, -0.25) is 14.1 Å². The topological polar surface area (TPSA) is 378 Å². The molecule has 0 bridgehead atoms. The van der Waals surface area contributed by atoms with Crippen LogP contribution >= 0.6 is 35.2 Å². The Kier molecular flexibility index (Phi) is 15.7. The highest BCUT2D eigenvalue weighted by atomic mass is 32.2. The van der Waals surface area contributed by atoms with Crippen molar-refractivity contribution in [1.29, 1.82) is 0 Å². The Balaban J connectivity index is 1.02. The Hall–Kier alpha value is -3.24. The molecule has 25 nitrogen and oxygen atoms in total. The van der Waals surface area contributed by atoms with Crippen molar-refractivity contribution in [3.63, 3.8) is 0 Å². The van der Waals surface area contributed by atoms with E-state index in [0.29, 0.717) is 37.5 Å². The number of urea groups is 1. The van der Waals surface area contributed by atoms with Gasteiger partial charge in [-0.15, -0.1) is 0 Å². The highest BCUT2D eigenvalue weighted by molar-refractivity contribution is 8.00. The van der Waals surface area contributed by atoms with Crippen molar-refractivity contribution in [2.75, 3.05) is 31.2 Å². The van der Waals surface area contributed by atoms with Gasteiger partial charge in [-0.05, 0) is 31.6 Å². The Labute approximate surface area is 334 Å². The molecule has 12 N–H and O–H groups in total. The van der Waals surface area contributed by atoms with Crippen LogP contribution in [0.25, 0.3) is 11.0 Å². The number of nitrogens with one attached hydrogen (secondary N) is 4. The normalized spacial score (nSPS) is 26.2. The summed E-state index contributed by atoms with van der Waals surface area (Å²) in [6.45, 7) is -0.626. The van der Waals surface area contributed by atoms with Gasteiger partial charge in [0.2, 0.25) is 11.8 Å². The van der Waals surface area contributed by atoms with E-state index in [2.05, 4.69) is 61.3 Å². The third-order valence-corrected chi connectivity index (χ3v) is 14.3. The number of aliphatic hydroxyl groups is 2. The number of thioether (sulfide) groups is 1. The molecule has 58 heavy (non-hydrogen) atoms. The standard InChI is InChI=1S/C29H44N9O16P3S/c30-26-22-16(7-6-12-32-20(39)9-2-1-5-11-31-21(40)10-4-3-8-19-23-17(14-58-19)35-29(43)36-23)37-38(27(22)34-15-33-26)28-25(42)24(41)18(52-28)13-51-56(47,48)54-57(49,50)53-55(44,45)46/h15,17-19,23-25,28,41-42H,1-5,8-14H2,(H,31,40)(H,32,39)(H,47,48)(H,49,50)(H2,30,33,34)(H2,35,36,43)(H2,44,45,46)/t17-,18?,19?,23-,24+,25+,28?/m0/s1. The van der Waals surface area contributed by atoms with Crippen molar-refractivity contribution in [3.05, 3.63) is 12.0 Å². The minimum Gasteiger partial charge on any atom is -0.387 e. The molecular weight excluding hydrogens is 855 g/mol. The van der Waals surface area contributed by atoms with E-state index in [1.807, 2.05) is 11.8 Å². The zero-order valence-corrected chi connectivity index (χ0v) is 34.0. The van der Waals surface area contributed by atoms with Gasteiger partial charge in [-0.1, -0.05) is 18.8 Å². The van der Waals surface area contributed by atoms with Gasteiger partial charge in [-0.25, -0.2) is 33.1 Å². The molecule has 0 aromatic carbocycles. The fourth-order valence-corrected chi connectivity index (χ4v) is 10.9. The molecule has 3 aliphatic rings. The van der Waals surface area contributed by atoms with Crippen molar-refractivity contribution in [2.45, 2.75) is 93.2 Å². The molecule has 5 heterocycles. The van der Waals surface area contributed by atoms with Gasteiger partial charge in [-0.2, -0.15) is 25.5 Å². The number of nitrogen functional groups attached to an aromatic ring is 1. The summed E-state index contributed by atoms with van der Waals surface area (Å²) < 4.78 is 53.0. The average Bonchev–Trinajstić information content (AvgIpc) is 3.86. The number of fused-ring (bicyclic) bond motifs is 2. The first-order chi connectivity index (χ1) is 27.3. The molecule has 9 atom stereocenters. The molecule has 29 heteroatoms. The van der Waals surface area contributed by atoms with Gasteiger partial charge >= 0.3 is 29.5 Å². The minimum atomic E-state index is -5.80. The molecule has 322 valence electrons. The predicted octanol–water partition coefficient (Wildman–Crippen LogP) is -0.759. The van der Waals surface area contributed by atoms with E-state index < -0.39 is 54.6 Å². The fraction of sp³-hybridized carbons (Fsp3) is 0.655. The first kappa shape index (κ1) is 45.8. The van der Waals surface area contributed by atoms with Crippen LogP contribution in [0.2, 0.25) is 0 Å². The number of carbonyl (C=O) groups excluding carboxylic acids is 3. The monoisotopic (exact) mass is 899 g/mol. The van der Waals surface area contributed by atoms with Crippen molar-refractivity contribution in [3.8, 4) is 11.8 Å². The maximum absolute atomic E-state index is 12.4. The van der Waals surface area contributed by atoms with Crippen LogP contribution in [0.1, 0.15) is 63.3 Å². The molecule has 5 rings (SSSR count). The quantitative estimate of drug-likeness (QED) is 0.0337. The summed E-state index contributed by atoms with van der Waals surface area (Å²) in [7, 11) is -17.0. The summed E-state index contributed by atoms with van der Waals surface area (Å²) in [6, 6.07) is 0.232. The second-order valence-electron chi connectivity index (χ2n) is 13.3. The zero-order valence-electron chi connectivity index (χ0n) is 30.5. The van der Waals surface area contributed by atoms with Gasteiger partial charge in [0.15, 0.2) is 11.9 Å². The van der Waals surface area contributed by atoms with Gasteiger partial charge < -0.3 is 61.5 Å². The number of aromatic nitrogens is 4. The molecule has 2 aromatic rings. The molecule has 2 aromatic heterocycles. The van der Waals surface area contributed by atoms with E-state index in [1.165, 1.54) is 0 Å². The molecular formula is C29H44N9O16P3S. The summed E-state index contributed by atoms with van der Waals surface area (Å²) in [5.41, 5.74) is 6.05. The lowest BCUT2D eigenvalue weighted by atomic mass is 10.0. The van der Waals surface area contributed by atoms with Gasteiger partial charge in [0, 0.05) is 30.4 Å². The molecule has 3 aliphatic heterocycles. The third kappa shape index (κ3) is 12.9. The Morgan fingerprint density at radius 3 is 2.45 bits per heavy atom. The van der Waals surface area contributed by atoms with Crippen molar-refractivity contribution >= 4 is 69.9 Å². The third-order valence-electron chi connectivity index (χ3n) is 8.98. The van der Waals surface area contributed by atoms with Gasteiger partial charge in [0.25, 0.3) is 0 Å². The van der Waals surface area contributed by atoms with E-state index in [-0.39, 0.29) is 65.4 Å². The number of hydrogen-bond donors (Lipinski definition) is 11. The van der Waals surface area contributed by atoms with E-state index >= 15 is 0 Å². The molecule has 0 radical (unpaired) electrons. The Bertz CT molecular complexity index is 2030. The summed E-state index contributed by atoms with van der Waals surface area (Å²) >= 11 is 1.85. The number of rotatable bonds is 20. The lowest BCUT2D eigenvalue weighted by Gasteiger charge is -2.19. The minimum absolute atomic E-state index is 0.00228. The predicted molar refractivity (Wildman–Crippen MR) is 201 cm³/mol. The van der Waals surface area contributed by atoms with Crippen molar-refractivity contribution in [1.82, 2.24) is 41.0 Å². The molecule has 4 amide bonds. The highest BCUT2D eigenvalue weighted by Crippen LogP contribution is 2.66. The van der Waals surface area contributed by atoms with Crippen LogP contribution in [0, 0.1) is 11.8 Å². The van der Waals surface area contributed by atoms with Crippen LogP contribution in [-0.2, 0) is 41.2 Å². The number of hydrogen-bond acceptors (Lipinski definition) is 17. The van der Waals surface area contributed by atoms with Crippen LogP contribution in [0.15, 0.2) is 6.33 Å². The van der Waals surface area contributed by atoms with Crippen LogP contribution in [0.3, 0.4) is 0 Å². The number of nitrogens with two attached hydrogens (primary N) is 1. The second-order valence-corrected chi connectivity index (χ2v) is 19.0. The molecule has 0 spiro atoms.